The molecule has 0 bridgehead atoms. The molecule has 0 heterocycles. The molecule has 1 aromatic rings. The van der Waals surface area contributed by atoms with Crippen molar-refractivity contribution in [2.75, 3.05) is 33.4 Å². The third-order valence-electron chi connectivity index (χ3n) is 3.16. The van der Waals surface area contributed by atoms with Gasteiger partial charge in [-0.25, -0.2) is 0 Å². The van der Waals surface area contributed by atoms with Crippen molar-refractivity contribution in [2.24, 2.45) is 10.9 Å². The molecule has 0 aliphatic carbocycles. The number of benzene rings is 1. The Balaban J connectivity index is 2.51. The van der Waals surface area contributed by atoms with Gasteiger partial charge in [0.25, 0.3) is 0 Å². The lowest BCUT2D eigenvalue weighted by molar-refractivity contribution is 0.241. The van der Waals surface area contributed by atoms with E-state index in [2.05, 4.69) is 15.6 Å². The Hall–Kier alpha value is -1.46. The molecule has 0 spiro atoms. The lowest BCUT2D eigenvalue weighted by Crippen LogP contribution is -2.38. The van der Waals surface area contributed by atoms with Gasteiger partial charge in [-0.2, -0.15) is 0 Å². The van der Waals surface area contributed by atoms with Crippen LogP contribution in [-0.4, -0.2) is 44.4 Å². The molecule has 0 radical (unpaired) electrons. The Kier molecular flexibility index (Phi) is 8.70. The second-order valence-corrected chi connectivity index (χ2v) is 5.55. The average molecular weight is 328 g/mol. The van der Waals surface area contributed by atoms with Gasteiger partial charge >= 0.3 is 0 Å². The van der Waals surface area contributed by atoms with Crippen LogP contribution in [0.5, 0.6) is 5.75 Å². The Labute approximate surface area is 137 Å². The van der Waals surface area contributed by atoms with E-state index in [9.17, 15) is 0 Å². The summed E-state index contributed by atoms with van der Waals surface area (Å²) < 4.78 is 5.14. The highest BCUT2D eigenvalue weighted by atomic mass is 35.5. The molecule has 0 saturated heterocycles. The molecule has 1 atom stereocenters. The van der Waals surface area contributed by atoms with Crippen molar-refractivity contribution in [2.45, 2.75) is 20.3 Å². The minimum absolute atomic E-state index is 0.143. The van der Waals surface area contributed by atoms with E-state index < -0.39 is 0 Å². The molecule has 1 rings (SSSR count). The highest BCUT2D eigenvalue weighted by Crippen LogP contribution is 2.22. The molecule has 6 heteroatoms. The predicted molar refractivity (Wildman–Crippen MR) is 91.9 cm³/mol. The molecule has 0 aromatic heterocycles. The smallest absolute Gasteiger partial charge is 0.191 e. The third-order valence-corrected chi connectivity index (χ3v) is 3.52. The van der Waals surface area contributed by atoms with Crippen molar-refractivity contribution < 1.29 is 9.84 Å². The van der Waals surface area contributed by atoms with E-state index in [0.29, 0.717) is 11.6 Å². The minimum Gasteiger partial charge on any atom is -0.497 e. The summed E-state index contributed by atoms with van der Waals surface area (Å²) in [5.74, 6) is 1.67. The van der Waals surface area contributed by atoms with Gasteiger partial charge in [0.15, 0.2) is 5.96 Å². The van der Waals surface area contributed by atoms with Gasteiger partial charge in [0.05, 0.1) is 7.11 Å². The topological polar surface area (TPSA) is 65.9 Å². The summed E-state index contributed by atoms with van der Waals surface area (Å²) in [4.78, 5) is 4.45. The van der Waals surface area contributed by atoms with Gasteiger partial charge in [0, 0.05) is 31.3 Å². The van der Waals surface area contributed by atoms with Crippen LogP contribution in [0.15, 0.2) is 23.2 Å². The third kappa shape index (κ3) is 6.54. The molecule has 0 amide bonds. The summed E-state index contributed by atoms with van der Waals surface area (Å²) in [6.45, 7) is 6.24. The quantitative estimate of drug-likeness (QED) is 0.505. The van der Waals surface area contributed by atoms with Crippen LogP contribution < -0.4 is 15.4 Å². The zero-order valence-corrected chi connectivity index (χ0v) is 14.3. The molecule has 1 aromatic carbocycles. The van der Waals surface area contributed by atoms with Crippen LogP contribution in [-0.2, 0) is 6.42 Å². The first-order valence-electron chi connectivity index (χ1n) is 7.56. The van der Waals surface area contributed by atoms with Gasteiger partial charge in [0.2, 0.25) is 0 Å². The van der Waals surface area contributed by atoms with E-state index >= 15 is 0 Å². The van der Waals surface area contributed by atoms with Crippen molar-refractivity contribution in [3.05, 3.63) is 28.8 Å². The lowest BCUT2D eigenvalue weighted by atomic mass is 10.1. The van der Waals surface area contributed by atoms with E-state index in [-0.39, 0.29) is 12.5 Å². The highest BCUT2D eigenvalue weighted by molar-refractivity contribution is 6.31. The van der Waals surface area contributed by atoms with Gasteiger partial charge in [-0.1, -0.05) is 24.6 Å². The van der Waals surface area contributed by atoms with Crippen molar-refractivity contribution in [3.63, 3.8) is 0 Å². The minimum atomic E-state index is 0.143. The largest absolute Gasteiger partial charge is 0.497 e. The summed E-state index contributed by atoms with van der Waals surface area (Å²) in [5.41, 5.74) is 1.06. The molecule has 5 nitrogen and oxygen atoms in total. The summed E-state index contributed by atoms with van der Waals surface area (Å²) >= 11 is 6.22. The number of ether oxygens (including phenoxy) is 1. The SMILES string of the molecule is CCNC(=NCC(C)CO)NCCc1ccc(OC)cc1Cl. The monoisotopic (exact) mass is 327 g/mol. The van der Waals surface area contributed by atoms with Crippen LogP contribution in [0.2, 0.25) is 5.02 Å². The molecular formula is C16H26ClN3O2. The number of aliphatic hydroxyl groups excluding tert-OH is 1. The van der Waals surface area contributed by atoms with Crippen LogP contribution >= 0.6 is 11.6 Å². The van der Waals surface area contributed by atoms with Crippen LogP contribution in [0.1, 0.15) is 19.4 Å². The Bertz CT molecular complexity index is 480. The average Bonchev–Trinajstić information content (AvgIpc) is 2.53. The zero-order valence-electron chi connectivity index (χ0n) is 13.5. The second-order valence-electron chi connectivity index (χ2n) is 5.14. The fraction of sp³-hybridized carbons (Fsp3) is 0.562. The van der Waals surface area contributed by atoms with Crippen molar-refractivity contribution in [1.29, 1.82) is 0 Å². The van der Waals surface area contributed by atoms with Gasteiger partial charge in [-0.05, 0) is 37.0 Å². The molecule has 0 fully saturated rings. The lowest BCUT2D eigenvalue weighted by Gasteiger charge is -2.13. The number of halogens is 1. The normalized spacial score (nSPS) is 12.9. The van der Waals surface area contributed by atoms with E-state index in [1.165, 1.54) is 0 Å². The van der Waals surface area contributed by atoms with Gasteiger partial charge < -0.3 is 20.5 Å². The fourth-order valence-corrected chi connectivity index (χ4v) is 2.08. The van der Waals surface area contributed by atoms with Crippen molar-refractivity contribution in [1.82, 2.24) is 10.6 Å². The molecule has 22 heavy (non-hydrogen) atoms. The maximum absolute atomic E-state index is 9.04. The number of hydrogen-bond acceptors (Lipinski definition) is 3. The molecule has 0 saturated carbocycles. The van der Waals surface area contributed by atoms with Crippen molar-refractivity contribution in [3.8, 4) is 5.75 Å². The number of nitrogens with one attached hydrogen (secondary N) is 2. The molecule has 0 aliphatic rings. The number of aliphatic imine (C=N–C) groups is 1. The standard InChI is InChI=1S/C16H26ClN3O2/c1-4-18-16(20-10-12(2)11-21)19-8-7-13-5-6-14(22-3)9-15(13)17/h5-6,9,12,21H,4,7-8,10-11H2,1-3H3,(H2,18,19,20). The molecule has 124 valence electrons. The summed E-state index contributed by atoms with van der Waals surface area (Å²) in [5, 5.41) is 16.2. The van der Waals surface area contributed by atoms with Gasteiger partial charge in [-0.3, -0.25) is 4.99 Å². The van der Waals surface area contributed by atoms with Crippen LogP contribution in [0.4, 0.5) is 0 Å². The summed E-state index contributed by atoms with van der Waals surface area (Å²) in [6, 6.07) is 5.70. The van der Waals surface area contributed by atoms with E-state index in [4.69, 9.17) is 21.4 Å². The summed E-state index contributed by atoms with van der Waals surface area (Å²) in [6.07, 6.45) is 0.794. The molecule has 3 N–H and O–H groups in total. The van der Waals surface area contributed by atoms with E-state index in [0.717, 1.165) is 36.8 Å². The first-order chi connectivity index (χ1) is 10.6. The van der Waals surface area contributed by atoms with Gasteiger partial charge in [-0.15, -0.1) is 0 Å². The molecular weight excluding hydrogens is 302 g/mol. The summed E-state index contributed by atoms with van der Waals surface area (Å²) in [7, 11) is 1.62. The number of nitrogens with zero attached hydrogens (tertiary/aromatic N) is 1. The first kappa shape index (κ1) is 18.6. The predicted octanol–water partition coefficient (Wildman–Crippen LogP) is 2.07. The Morgan fingerprint density at radius 3 is 2.77 bits per heavy atom. The van der Waals surface area contributed by atoms with E-state index in [1.807, 2.05) is 32.0 Å². The molecule has 0 aliphatic heterocycles. The second kappa shape index (κ2) is 10.3. The Morgan fingerprint density at radius 1 is 1.41 bits per heavy atom. The van der Waals surface area contributed by atoms with Crippen LogP contribution in [0.3, 0.4) is 0 Å². The Morgan fingerprint density at radius 2 is 2.18 bits per heavy atom. The number of hydrogen-bond donors (Lipinski definition) is 3. The maximum Gasteiger partial charge on any atom is 0.191 e. The molecule has 1 unspecified atom stereocenters. The number of aliphatic hydroxyl groups is 1. The van der Waals surface area contributed by atoms with Crippen LogP contribution in [0, 0.1) is 5.92 Å². The van der Waals surface area contributed by atoms with Gasteiger partial charge in [0.1, 0.15) is 5.75 Å². The first-order valence-corrected chi connectivity index (χ1v) is 7.94. The number of methoxy groups -OCH3 is 1. The zero-order chi connectivity index (χ0) is 16.4. The van der Waals surface area contributed by atoms with E-state index in [1.54, 1.807) is 7.11 Å². The number of guanidine groups is 1. The fourth-order valence-electron chi connectivity index (χ4n) is 1.82. The maximum atomic E-state index is 9.04. The van der Waals surface area contributed by atoms with Crippen LogP contribution in [0.25, 0.3) is 0 Å². The highest BCUT2D eigenvalue weighted by Gasteiger charge is 2.04. The van der Waals surface area contributed by atoms with Crippen molar-refractivity contribution >= 4 is 17.6 Å². The number of rotatable bonds is 8.